The van der Waals surface area contributed by atoms with Crippen molar-refractivity contribution in [3.8, 4) is 0 Å². The fraction of sp³-hybridized carbons (Fsp3) is 0.667. The molecular formula is C12H20O8. The molecule has 8 nitrogen and oxygen atoms in total. The fourth-order valence-electron chi connectivity index (χ4n) is 0.889. The van der Waals surface area contributed by atoms with Gasteiger partial charge in [-0.05, 0) is 27.7 Å². The van der Waals surface area contributed by atoms with Gasteiger partial charge < -0.3 is 20.4 Å². The third-order valence-electron chi connectivity index (χ3n) is 2.26. The average molecular weight is 292 g/mol. The number of carbonyl (C=O) groups is 4. The van der Waals surface area contributed by atoms with Gasteiger partial charge in [0.15, 0.2) is 23.1 Å². The number of ketones is 4. The first-order valence-electron chi connectivity index (χ1n) is 5.67. The van der Waals surface area contributed by atoms with E-state index in [1.807, 2.05) is 0 Å². The number of aliphatic hydroxyl groups excluding tert-OH is 4. The van der Waals surface area contributed by atoms with E-state index in [1.54, 1.807) is 0 Å². The van der Waals surface area contributed by atoms with Crippen LogP contribution in [0.15, 0.2) is 0 Å². The number of carbonyl (C=O) groups excluding carboxylic acids is 4. The van der Waals surface area contributed by atoms with Crippen molar-refractivity contribution in [3.63, 3.8) is 0 Å². The highest BCUT2D eigenvalue weighted by Crippen LogP contribution is 1.96. The summed E-state index contributed by atoms with van der Waals surface area (Å²) >= 11 is 0. The Balaban J connectivity index is 0. The number of Topliss-reactive ketones (excluding diaryl/α,β-unsaturated/α-hetero) is 4. The molecule has 0 saturated carbocycles. The fourth-order valence-corrected chi connectivity index (χ4v) is 0.889. The maximum atomic E-state index is 10.3. The van der Waals surface area contributed by atoms with E-state index in [2.05, 4.69) is 0 Å². The Morgan fingerprint density at radius 2 is 0.600 bits per heavy atom. The molecule has 0 bridgehead atoms. The van der Waals surface area contributed by atoms with Gasteiger partial charge in [-0.2, -0.15) is 0 Å². The SMILES string of the molecule is CC(=O)C(O)C(O)C(C)=O.CC(=O)C(O)C(O)C(C)=O. The van der Waals surface area contributed by atoms with Crippen molar-refractivity contribution in [2.45, 2.75) is 52.1 Å². The first-order chi connectivity index (χ1) is 8.93. The minimum absolute atomic E-state index is 0.609. The number of aliphatic hydroxyl groups is 4. The third kappa shape index (κ3) is 7.85. The summed E-state index contributed by atoms with van der Waals surface area (Å²) in [4.78, 5) is 41.3. The molecule has 4 unspecified atom stereocenters. The molecule has 0 aliphatic carbocycles. The zero-order chi connectivity index (χ0) is 16.6. The predicted octanol–water partition coefficient (Wildman–Crippen LogP) is -2.23. The smallest absolute Gasteiger partial charge is 0.161 e. The molecule has 0 aliphatic rings. The minimum Gasteiger partial charge on any atom is -0.382 e. The number of hydrogen-bond acceptors (Lipinski definition) is 8. The summed E-state index contributed by atoms with van der Waals surface area (Å²) in [5, 5.41) is 35.0. The summed E-state index contributed by atoms with van der Waals surface area (Å²) in [6.45, 7) is 4.43. The lowest BCUT2D eigenvalue weighted by molar-refractivity contribution is -0.140. The van der Waals surface area contributed by atoms with Gasteiger partial charge in [-0.25, -0.2) is 0 Å². The summed E-state index contributed by atoms with van der Waals surface area (Å²) in [6, 6.07) is 0. The van der Waals surface area contributed by atoms with Crippen molar-refractivity contribution in [2.75, 3.05) is 0 Å². The Kier molecular flexibility index (Phi) is 9.82. The molecule has 0 aromatic carbocycles. The molecule has 116 valence electrons. The minimum atomic E-state index is -1.57. The van der Waals surface area contributed by atoms with Crippen molar-refractivity contribution in [3.05, 3.63) is 0 Å². The van der Waals surface area contributed by atoms with Crippen LogP contribution in [0.3, 0.4) is 0 Å². The molecule has 4 atom stereocenters. The molecule has 0 aromatic rings. The molecule has 8 heteroatoms. The lowest BCUT2D eigenvalue weighted by atomic mass is 10.1. The second-order valence-corrected chi connectivity index (χ2v) is 4.22. The first kappa shape index (κ1) is 20.8. The van der Waals surface area contributed by atoms with Gasteiger partial charge in [0.25, 0.3) is 0 Å². The van der Waals surface area contributed by atoms with Crippen molar-refractivity contribution < 1.29 is 39.6 Å². The summed E-state index contributed by atoms with van der Waals surface area (Å²) in [5.41, 5.74) is 0. The van der Waals surface area contributed by atoms with Gasteiger partial charge in [-0.3, -0.25) is 19.2 Å². The van der Waals surface area contributed by atoms with Gasteiger partial charge in [0.05, 0.1) is 0 Å². The topological polar surface area (TPSA) is 149 Å². The van der Waals surface area contributed by atoms with E-state index in [1.165, 1.54) is 0 Å². The van der Waals surface area contributed by atoms with Crippen LogP contribution in [-0.2, 0) is 19.2 Å². The Morgan fingerprint density at radius 1 is 0.500 bits per heavy atom. The zero-order valence-corrected chi connectivity index (χ0v) is 11.7. The second-order valence-electron chi connectivity index (χ2n) is 4.22. The molecule has 0 radical (unpaired) electrons. The van der Waals surface area contributed by atoms with Crippen molar-refractivity contribution in [1.82, 2.24) is 0 Å². The third-order valence-corrected chi connectivity index (χ3v) is 2.26. The molecular weight excluding hydrogens is 272 g/mol. The van der Waals surface area contributed by atoms with E-state index in [9.17, 15) is 19.2 Å². The lowest BCUT2D eigenvalue weighted by Gasteiger charge is -2.10. The standard InChI is InChI=1S/2C6H10O4/c2*1-3(7)5(9)6(10)4(2)8/h2*5-6,9-10H,1-2H3. The van der Waals surface area contributed by atoms with E-state index in [-0.39, 0.29) is 0 Å². The number of hydrogen-bond donors (Lipinski definition) is 4. The van der Waals surface area contributed by atoms with Crippen molar-refractivity contribution in [1.29, 1.82) is 0 Å². The maximum Gasteiger partial charge on any atom is 0.161 e. The highest BCUT2D eigenvalue weighted by atomic mass is 16.3. The van der Waals surface area contributed by atoms with Crippen LogP contribution in [0.4, 0.5) is 0 Å². The second kappa shape index (κ2) is 9.43. The van der Waals surface area contributed by atoms with Gasteiger partial charge in [0.1, 0.15) is 24.4 Å². The maximum absolute atomic E-state index is 10.3. The largest absolute Gasteiger partial charge is 0.382 e. The highest BCUT2D eigenvalue weighted by Gasteiger charge is 2.24. The van der Waals surface area contributed by atoms with Crippen molar-refractivity contribution >= 4 is 23.1 Å². The Bertz CT molecular complexity index is 304. The van der Waals surface area contributed by atoms with Gasteiger partial charge in [0, 0.05) is 0 Å². The van der Waals surface area contributed by atoms with E-state index < -0.39 is 47.5 Å². The lowest BCUT2D eigenvalue weighted by Crippen LogP contribution is -2.37. The van der Waals surface area contributed by atoms with Crippen molar-refractivity contribution in [2.24, 2.45) is 0 Å². The van der Waals surface area contributed by atoms with Crippen LogP contribution in [0, 0.1) is 0 Å². The molecule has 0 aliphatic heterocycles. The predicted molar refractivity (Wildman–Crippen MR) is 66.8 cm³/mol. The summed E-state index contributed by atoms with van der Waals surface area (Å²) in [5.74, 6) is -2.43. The van der Waals surface area contributed by atoms with Gasteiger partial charge in [0.2, 0.25) is 0 Å². The Labute approximate surface area is 116 Å². The Hall–Kier alpha value is -1.48. The molecule has 4 N–H and O–H groups in total. The van der Waals surface area contributed by atoms with Gasteiger partial charge >= 0.3 is 0 Å². The molecule has 0 heterocycles. The van der Waals surface area contributed by atoms with Crippen LogP contribution in [0.25, 0.3) is 0 Å². The molecule has 0 amide bonds. The van der Waals surface area contributed by atoms with Crippen LogP contribution in [-0.4, -0.2) is 68.0 Å². The molecule has 0 saturated heterocycles. The normalized spacial score (nSPS) is 16.0. The summed E-state index contributed by atoms with van der Waals surface area (Å²) in [6.07, 6.45) is -6.29. The molecule has 0 fully saturated rings. The van der Waals surface area contributed by atoms with E-state index in [0.29, 0.717) is 0 Å². The van der Waals surface area contributed by atoms with Gasteiger partial charge in [-0.1, -0.05) is 0 Å². The average Bonchev–Trinajstić information content (AvgIpc) is 2.35. The quantitative estimate of drug-likeness (QED) is 0.430. The molecule has 0 aromatic heterocycles. The summed E-state index contributed by atoms with van der Waals surface area (Å²) in [7, 11) is 0. The van der Waals surface area contributed by atoms with E-state index in [0.717, 1.165) is 27.7 Å². The van der Waals surface area contributed by atoms with E-state index >= 15 is 0 Å². The Morgan fingerprint density at radius 3 is 0.650 bits per heavy atom. The van der Waals surface area contributed by atoms with E-state index in [4.69, 9.17) is 20.4 Å². The monoisotopic (exact) mass is 292 g/mol. The summed E-state index contributed by atoms with van der Waals surface area (Å²) < 4.78 is 0. The van der Waals surface area contributed by atoms with Crippen LogP contribution >= 0.6 is 0 Å². The zero-order valence-electron chi connectivity index (χ0n) is 11.7. The first-order valence-corrected chi connectivity index (χ1v) is 5.67. The van der Waals surface area contributed by atoms with Crippen LogP contribution < -0.4 is 0 Å². The van der Waals surface area contributed by atoms with Gasteiger partial charge in [-0.15, -0.1) is 0 Å². The molecule has 0 rings (SSSR count). The number of rotatable bonds is 6. The van der Waals surface area contributed by atoms with Crippen LogP contribution in [0.2, 0.25) is 0 Å². The molecule has 20 heavy (non-hydrogen) atoms. The highest BCUT2D eigenvalue weighted by molar-refractivity contribution is 5.90. The van der Waals surface area contributed by atoms with Crippen LogP contribution in [0.1, 0.15) is 27.7 Å². The molecule has 0 spiro atoms. The van der Waals surface area contributed by atoms with Crippen LogP contribution in [0.5, 0.6) is 0 Å².